The molecule has 0 unspecified atom stereocenters. The number of aliphatic hydroxyl groups excluding tert-OH is 1. The monoisotopic (exact) mass is 297 g/mol. The molecule has 1 aromatic carbocycles. The third kappa shape index (κ3) is 2.45. The Balaban J connectivity index is 2.55. The molecule has 2 aromatic rings. The molecule has 0 fully saturated rings. The van der Waals surface area contributed by atoms with Gasteiger partial charge in [0.2, 0.25) is 0 Å². The summed E-state index contributed by atoms with van der Waals surface area (Å²) in [5.41, 5.74) is 7.66. The van der Waals surface area contributed by atoms with Crippen molar-refractivity contribution >= 4 is 34.4 Å². The number of carbonyl (C=O) groups is 1. The predicted molar refractivity (Wildman–Crippen MR) is 77.1 cm³/mol. The summed E-state index contributed by atoms with van der Waals surface area (Å²) < 4.78 is 5.15. The molecule has 1 aromatic heterocycles. The summed E-state index contributed by atoms with van der Waals surface area (Å²) in [6.45, 7) is -0.560. The van der Waals surface area contributed by atoms with Gasteiger partial charge < -0.3 is 15.6 Å². The molecule has 0 saturated carbocycles. The molecule has 6 heteroatoms. The summed E-state index contributed by atoms with van der Waals surface area (Å²) in [6, 6.07) is 5.34. The minimum Gasteiger partial charge on any atom is -0.495 e. The summed E-state index contributed by atoms with van der Waals surface area (Å²) in [7, 11) is 1.53. The molecule has 3 N–H and O–H groups in total. The third-order valence-electron chi connectivity index (χ3n) is 2.70. The van der Waals surface area contributed by atoms with Crippen molar-refractivity contribution in [2.24, 2.45) is 0 Å². The van der Waals surface area contributed by atoms with Crippen LogP contribution in [0.2, 0.25) is 5.02 Å². The van der Waals surface area contributed by atoms with Crippen molar-refractivity contribution in [3.63, 3.8) is 0 Å². The van der Waals surface area contributed by atoms with E-state index in [1.807, 2.05) is 0 Å². The first-order valence-electron chi connectivity index (χ1n) is 5.44. The Kier molecular flexibility index (Phi) is 4.09. The Bertz CT molecular complexity index is 624. The van der Waals surface area contributed by atoms with Crippen LogP contribution < -0.4 is 10.5 Å². The van der Waals surface area contributed by atoms with Crippen LogP contribution in [-0.2, 0) is 0 Å². The van der Waals surface area contributed by atoms with E-state index >= 15 is 0 Å². The molecular weight excluding hydrogens is 286 g/mol. The first kappa shape index (κ1) is 13.9. The van der Waals surface area contributed by atoms with Gasteiger partial charge >= 0.3 is 0 Å². The van der Waals surface area contributed by atoms with Crippen LogP contribution in [0.1, 0.15) is 9.67 Å². The van der Waals surface area contributed by atoms with Gasteiger partial charge in [-0.15, -0.1) is 11.3 Å². The highest BCUT2D eigenvalue weighted by molar-refractivity contribution is 7.13. The van der Waals surface area contributed by atoms with E-state index in [0.717, 1.165) is 0 Å². The molecule has 0 aliphatic carbocycles. The molecule has 0 spiro atoms. The predicted octanol–water partition coefficient (Wildman–Crippen LogP) is 2.83. The lowest BCUT2D eigenvalue weighted by molar-refractivity contribution is 0.0908. The van der Waals surface area contributed by atoms with Gasteiger partial charge in [0, 0.05) is 16.5 Å². The Morgan fingerprint density at radius 2 is 2.21 bits per heavy atom. The molecule has 2 rings (SSSR count). The number of methoxy groups -OCH3 is 1. The summed E-state index contributed by atoms with van der Waals surface area (Å²) in [4.78, 5) is 11.9. The second kappa shape index (κ2) is 5.61. The average Bonchev–Trinajstić information content (AvgIpc) is 2.80. The second-order valence-corrected chi connectivity index (χ2v) is 5.05. The van der Waals surface area contributed by atoms with E-state index in [2.05, 4.69) is 0 Å². The van der Waals surface area contributed by atoms with Crippen molar-refractivity contribution in [1.82, 2.24) is 0 Å². The van der Waals surface area contributed by atoms with E-state index in [4.69, 9.17) is 27.2 Å². The summed E-state index contributed by atoms with van der Waals surface area (Å²) in [5.74, 6) is 0.146. The molecule has 1 heterocycles. The van der Waals surface area contributed by atoms with Crippen LogP contribution in [0.4, 0.5) is 5.69 Å². The van der Waals surface area contributed by atoms with Crippen LogP contribution in [0.5, 0.6) is 5.75 Å². The Morgan fingerprint density at radius 3 is 2.84 bits per heavy atom. The van der Waals surface area contributed by atoms with Gasteiger partial charge in [-0.1, -0.05) is 23.7 Å². The van der Waals surface area contributed by atoms with E-state index in [1.54, 1.807) is 23.6 Å². The number of aliphatic hydroxyl groups is 1. The van der Waals surface area contributed by atoms with Gasteiger partial charge in [-0.2, -0.15) is 0 Å². The largest absolute Gasteiger partial charge is 0.495 e. The van der Waals surface area contributed by atoms with Crippen LogP contribution in [-0.4, -0.2) is 24.6 Å². The molecule has 0 saturated heterocycles. The lowest BCUT2D eigenvalue weighted by atomic mass is 10.1. The molecule has 0 amide bonds. The highest BCUT2D eigenvalue weighted by Crippen LogP contribution is 2.41. The summed E-state index contributed by atoms with van der Waals surface area (Å²) >= 11 is 7.42. The fourth-order valence-electron chi connectivity index (χ4n) is 1.74. The zero-order valence-corrected chi connectivity index (χ0v) is 11.7. The van der Waals surface area contributed by atoms with Crippen LogP contribution in [0.3, 0.4) is 0 Å². The fraction of sp³-hybridized carbons (Fsp3) is 0.154. The third-order valence-corrected chi connectivity index (χ3v) is 4.13. The van der Waals surface area contributed by atoms with E-state index < -0.39 is 12.4 Å². The Labute approximate surface area is 119 Å². The molecule has 0 aliphatic heterocycles. The van der Waals surface area contributed by atoms with Crippen molar-refractivity contribution in [1.29, 1.82) is 0 Å². The van der Waals surface area contributed by atoms with Gasteiger partial charge in [-0.25, -0.2) is 0 Å². The standard InChI is InChI=1S/C13H12ClNO3S/c1-18-10-4-2-3-7(11(10)14)8-6-19-13(12(8)15)9(17)5-16/h2-4,6,16H,5,15H2,1H3. The number of rotatable bonds is 4. The zero-order valence-electron chi connectivity index (χ0n) is 10.1. The van der Waals surface area contributed by atoms with E-state index in [9.17, 15) is 4.79 Å². The number of carbonyl (C=O) groups excluding carboxylic acids is 1. The van der Waals surface area contributed by atoms with Gasteiger partial charge in [0.1, 0.15) is 12.4 Å². The smallest absolute Gasteiger partial charge is 0.200 e. The van der Waals surface area contributed by atoms with E-state index in [0.29, 0.717) is 32.5 Å². The second-order valence-electron chi connectivity index (χ2n) is 3.80. The van der Waals surface area contributed by atoms with Gasteiger partial charge in [0.25, 0.3) is 0 Å². The quantitative estimate of drug-likeness (QED) is 0.851. The van der Waals surface area contributed by atoms with Crippen molar-refractivity contribution in [2.75, 3.05) is 19.5 Å². The Hall–Kier alpha value is -1.56. The summed E-state index contributed by atoms with van der Waals surface area (Å²) in [5, 5.41) is 11.1. The fourth-order valence-corrected chi connectivity index (χ4v) is 2.97. The van der Waals surface area contributed by atoms with Crippen molar-refractivity contribution < 1.29 is 14.6 Å². The molecule has 0 bridgehead atoms. The SMILES string of the molecule is COc1cccc(-c2csc(C(=O)CO)c2N)c1Cl. The maximum Gasteiger partial charge on any atom is 0.200 e. The van der Waals surface area contributed by atoms with E-state index in [-0.39, 0.29) is 0 Å². The maximum atomic E-state index is 11.5. The van der Waals surface area contributed by atoms with Crippen molar-refractivity contribution in [3.05, 3.63) is 33.5 Å². The molecule has 19 heavy (non-hydrogen) atoms. The highest BCUT2D eigenvalue weighted by atomic mass is 35.5. The van der Waals surface area contributed by atoms with Gasteiger partial charge in [0.15, 0.2) is 5.78 Å². The topological polar surface area (TPSA) is 72.5 Å². The normalized spacial score (nSPS) is 10.5. The number of ether oxygens (including phenoxy) is 1. The minimum absolute atomic E-state index is 0.333. The van der Waals surface area contributed by atoms with Gasteiger partial charge in [-0.05, 0) is 6.07 Å². The first-order valence-corrected chi connectivity index (χ1v) is 6.69. The molecule has 0 radical (unpaired) electrons. The molecular formula is C13H12ClNO3S. The lowest BCUT2D eigenvalue weighted by Crippen LogP contribution is -2.04. The first-order chi connectivity index (χ1) is 9.10. The number of hydrogen-bond acceptors (Lipinski definition) is 5. The van der Waals surface area contributed by atoms with Crippen LogP contribution in [0, 0.1) is 0 Å². The van der Waals surface area contributed by atoms with Crippen LogP contribution in [0.15, 0.2) is 23.6 Å². The number of benzene rings is 1. The minimum atomic E-state index is -0.560. The van der Waals surface area contributed by atoms with Gasteiger partial charge in [-0.3, -0.25) is 4.79 Å². The number of anilines is 1. The number of thiophene rings is 1. The number of nitrogens with two attached hydrogens (primary N) is 1. The highest BCUT2D eigenvalue weighted by Gasteiger charge is 2.18. The van der Waals surface area contributed by atoms with Crippen LogP contribution in [0.25, 0.3) is 11.1 Å². The number of nitrogen functional groups attached to an aromatic ring is 1. The average molecular weight is 298 g/mol. The lowest BCUT2D eigenvalue weighted by Gasteiger charge is -2.08. The van der Waals surface area contributed by atoms with Crippen molar-refractivity contribution in [2.45, 2.75) is 0 Å². The van der Waals surface area contributed by atoms with Crippen molar-refractivity contribution in [3.8, 4) is 16.9 Å². The number of Topliss-reactive ketones (excluding diaryl/α,β-unsaturated/α-hetero) is 1. The molecule has 100 valence electrons. The molecule has 4 nitrogen and oxygen atoms in total. The maximum absolute atomic E-state index is 11.5. The van der Waals surface area contributed by atoms with E-state index in [1.165, 1.54) is 18.4 Å². The zero-order chi connectivity index (χ0) is 14.0. The number of hydrogen-bond donors (Lipinski definition) is 2. The molecule has 0 atom stereocenters. The van der Waals surface area contributed by atoms with Gasteiger partial charge in [0.05, 0.1) is 22.7 Å². The molecule has 0 aliphatic rings. The number of halogens is 1. The van der Waals surface area contributed by atoms with Crippen LogP contribution >= 0.6 is 22.9 Å². The Morgan fingerprint density at radius 1 is 1.47 bits per heavy atom. The summed E-state index contributed by atoms with van der Waals surface area (Å²) in [6.07, 6.45) is 0. The number of ketones is 1.